The molecule has 0 saturated carbocycles. The predicted octanol–water partition coefficient (Wildman–Crippen LogP) is 0.916. The third-order valence-corrected chi connectivity index (χ3v) is 1.58. The molecule has 1 atom stereocenters. The summed E-state index contributed by atoms with van der Waals surface area (Å²) < 4.78 is 0. The van der Waals surface area contributed by atoms with Crippen LogP contribution in [-0.4, -0.2) is 31.3 Å². The maximum Gasteiger partial charge on any atom is 0.120 e. The zero-order valence-corrected chi connectivity index (χ0v) is 6.42. The van der Waals surface area contributed by atoms with Gasteiger partial charge in [-0.2, -0.15) is 0 Å². The highest BCUT2D eigenvalue weighted by molar-refractivity contribution is 5.49. The molecule has 2 nitrogen and oxygen atoms in total. The second-order valence-electron chi connectivity index (χ2n) is 2.56. The molecule has 0 aromatic carbocycles. The number of aldehydes is 1. The van der Waals surface area contributed by atoms with Crippen LogP contribution in [0.1, 0.15) is 19.8 Å². The summed E-state index contributed by atoms with van der Waals surface area (Å²) in [5.74, 6) is 0. The normalized spacial score (nSPS) is 13.8. The van der Waals surface area contributed by atoms with Gasteiger partial charge in [0.15, 0.2) is 0 Å². The number of carbonyl (C=O) groups is 1. The molecule has 1 unspecified atom stereocenters. The van der Waals surface area contributed by atoms with Crippen molar-refractivity contribution in [1.29, 1.82) is 0 Å². The first-order chi connectivity index (χ1) is 4.18. The van der Waals surface area contributed by atoms with E-state index in [-0.39, 0.29) is 0 Å². The summed E-state index contributed by atoms with van der Waals surface area (Å²) in [6, 6.07) is 0.523. The summed E-state index contributed by atoms with van der Waals surface area (Å²) in [6.07, 6.45) is 2.62. The first-order valence-corrected chi connectivity index (χ1v) is 3.28. The number of hydrogen-bond acceptors (Lipinski definition) is 2. The highest BCUT2D eigenvalue weighted by Crippen LogP contribution is 1.98. The Morgan fingerprint density at radius 1 is 1.56 bits per heavy atom. The minimum absolute atomic E-state index is 0.523. The lowest BCUT2D eigenvalue weighted by Gasteiger charge is -2.17. The van der Waals surface area contributed by atoms with Gasteiger partial charge in [0.05, 0.1) is 0 Å². The van der Waals surface area contributed by atoms with Crippen molar-refractivity contribution >= 4 is 6.29 Å². The van der Waals surface area contributed by atoms with Crippen molar-refractivity contribution in [2.75, 3.05) is 14.1 Å². The van der Waals surface area contributed by atoms with Crippen LogP contribution in [0.5, 0.6) is 0 Å². The molecule has 0 spiro atoms. The fourth-order valence-corrected chi connectivity index (χ4v) is 0.567. The van der Waals surface area contributed by atoms with E-state index in [1.54, 1.807) is 0 Å². The van der Waals surface area contributed by atoms with Crippen LogP contribution in [0.3, 0.4) is 0 Å². The lowest BCUT2D eigenvalue weighted by Crippen LogP contribution is -2.24. The second kappa shape index (κ2) is 4.50. The van der Waals surface area contributed by atoms with Gasteiger partial charge in [-0.15, -0.1) is 0 Å². The van der Waals surface area contributed by atoms with Gasteiger partial charge in [-0.05, 0) is 27.4 Å². The Morgan fingerprint density at radius 3 is 2.44 bits per heavy atom. The predicted molar refractivity (Wildman–Crippen MR) is 38.4 cm³/mol. The fraction of sp³-hybridized carbons (Fsp3) is 0.857. The molecule has 0 fully saturated rings. The van der Waals surface area contributed by atoms with Crippen molar-refractivity contribution in [3.63, 3.8) is 0 Å². The van der Waals surface area contributed by atoms with Gasteiger partial charge in [0.25, 0.3) is 0 Å². The fourth-order valence-electron chi connectivity index (χ4n) is 0.567. The van der Waals surface area contributed by atoms with Crippen molar-refractivity contribution in [3.8, 4) is 0 Å². The van der Waals surface area contributed by atoms with Gasteiger partial charge < -0.3 is 9.69 Å². The molecule has 0 aromatic heterocycles. The van der Waals surface area contributed by atoms with E-state index in [0.29, 0.717) is 12.5 Å². The monoisotopic (exact) mass is 129 g/mol. The summed E-state index contributed by atoms with van der Waals surface area (Å²) in [7, 11) is 4.05. The molecular weight excluding hydrogens is 114 g/mol. The summed E-state index contributed by atoms with van der Waals surface area (Å²) >= 11 is 0. The highest BCUT2D eigenvalue weighted by atomic mass is 16.1. The van der Waals surface area contributed by atoms with Gasteiger partial charge >= 0.3 is 0 Å². The van der Waals surface area contributed by atoms with Crippen LogP contribution in [0.15, 0.2) is 0 Å². The Hall–Kier alpha value is -0.370. The number of hydrogen-bond donors (Lipinski definition) is 0. The van der Waals surface area contributed by atoms with Crippen molar-refractivity contribution in [2.45, 2.75) is 25.8 Å². The third-order valence-electron chi connectivity index (χ3n) is 1.58. The minimum Gasteiger partial charge on any atom is -0.307 e. The van der Waals surface area contributed by atoms with Crippen molar-refractivity contribution < 1.29 is 4.79 Å². The lowest BCUT2D eigenvalue weighted by atomic mass is 10.2. The number of nitrogens with zero attached hydrogens (tertiary/aromatic N) is 1. The van der Waals surface area contributed by atoms with Crippen molar-refractivity contribution in [2.24, 2.45) is 0 Å². The van der Waals surface area contributed by atoms with Gasteiger partial charge in [-0.1, -0.05) is 0 Å². The minimum atomic E-state index is 0.523. The molecule has 0 radical (unpaired) electrons. The van der Waals surface area contributed by atoms with Crippen LogP contribution in [0.25, 0.3) is 0 Å². The zero-order valence-electron chi connectivity index (χ0n) is 6.42. The van der Waals surface area contributed by atoms with Gasteiger partial charge in [0.2, 0.25) is 0 Å². The molecule has 0 aromatic rings. The molecular formula is C7H15NO. The Morgan fingerprint density at radius 2 is 2.11 bits per heavy atom. The topological polar surface area (TPSA) is 20.3 Å². The van der Waals surface area contributed by atoms with E-state index in [9.17, 15) is 4.79 Å². The van der Waals surface area contributed by atoms with Crippen molar-refractivity contribution in [3.05, 3.63) is 0 Å². The van der Waals surface area contributed by atoms with E-state index in [0.717, 1.165) is 12.7 Å². The van der Waals surface area contributed by atoms with Gasteiger partial charge in [-0.25, -0.2) is 0 Å². The molecule has 0 saturated heterocycles. The van der Waals surface area contributed by atoms with Gasteiger partial charge in [0.1, 0.15) is 6.29 Å². The molecule has 0 N–H and O–H groups in total. The first-order valence-electron chi connectivity index (χ1n) is 3.28. The van der Waals surface area contributed by atoms with Crippen LogP contribution in [-0.2, 0) is 4.79 Å². The van der Waals surface area contributed by atoms with E-state index in [2.05, 4.69) is 11.8 Å². The molecule has 0 rings (SSSR count). The van der Waals surface area contributed by atoms with E-state index < -0.39 is 0 Å². The molecule has 54 valence electrons. The summed E-state index contributed by atoms with van der Waals surface area (Å²) in [5.41, 5.74) is 0. The molecule has 0 aliphatic heterocycles. The summed E-state index contributed by atoms with van der Waals surface area (Å²) in [4.78, 5) is 12.0. The highest BCUT2D eigenvalue weighted by Gasteiger charge is 2.01. The standard InChI is InChI=1S/C7H15NO/c1-7(8(2)3)5-4-6-9/h6-7H,4-5H2,1-3H3. The second-order valence-corrected chi connectivity index (χ2v) is 2.56. The van der Waals surface area contributed by atoms with E-state index in [4.69, 9.17) is 0 Å². The summed E-state index contributed by atoms with van der Waals surface area (Å²) in [5, 5.41) is 0. The van der Waals surface area contributed by atoms with Crippen LogP contribution < -0.4 is 0 Å². The van der Waals surface area contributed by atoms with Crippen molar-refractivity contribution in [1.82, 2.24) is 4.90 Å². The van der Waals surface area contributed by atoms with Gasteiger partial charge in [-0.3, -0.25) is 0 Å². The van der Waals surface area contributed by atoms with E-state index in [1.165, 1.54) is 0 Å². The Bertz CT molecular complexity index is 81.0. The lowest BCUT2D eigenvalue weighted by molar-refractivity contribution is -0.108. The number of rotatable bonds is 4. The Kier molecular flexibility index (Phi) is 4.32. The quantitative estimate of drug-likeness (QED) is 0.526. The third kappa shape index (κ3) is 4.15. The molecule has 0 heterocycles. The van der Waals surface area contributed by atoms with Crippen LogP contribution >= 0.6 is 0 Å². The maximum atomic E-state index is 9.91. The van der Waals surface area contributed by atoms with E-state index in [1.807, 2.05) is 14.1 Å². The SMILES string of the molecule is CC(CCC=O)N(C)C. The largest absolute Gasteiger partial charge is 0.307 e. The van der Waals surface area contributed by atoms with E-state index >= 15 is 0 Å². The smallest absolute Gasteiger partial charge is 0.120 e. The molecule has 0 amide bonds. The Balaban J connectivity index is 3.26. The summed E-state index contributed by atoms with van der Waals surface area (Å²) in [6.45, 7) is 2.11. The first kappa shape index (κ1) is 8.63. The Labute approximate surface area is 56.9 Å². The molecule has 0 bridgehead atoms. The van der Waals surface area contributed by atoms with Crippen LogP contribution in [0.2, 0.25) is 0 Å². The average molecular weight is 129 g/mol. The average Bonchev–Trinajstić information content (AvgIpc) is 1.82. The van der Waals surface area contributed by atoms with Crippen LogP contribution in [0, 0.1) is 0 Å². The molecule has 0 aliphatic carbocycles. The zero-order chi connectivity index (χ0) is 7.28. The van der Waals surface area contributed by atoms with Gasteiger partial charge in [0, 0.05) is 12.5 Å². The molecule has 9 heavy (non-hydrogen) atoms. The van der Waals surface area contributed by atoms with Crippen LogP contribution in [0.4, 0.5) is 0 Å². The molecule has 2 heteroatoms. The maximum absolute atomic E-state index is 9.91. The number of carbonyl (C=O) groups excluding carboxylic acids is 1. The molecule has 0 aliphatic rings.